The molecule has 9 nitrogen and oxygen atoms in total. The fourth-order valence-electron chi connectivity index (χ4n) is 7.10. The molecule has 4 aliphatic rings. The summed E-state index contributed by atoms with van der Waals surface area (Å²) in [6.07, 6.45) is 11.0. The van der Waals surface area contributed by atoms with Crippen LogP contribution >= 0.6 is 27.5 Å². The van der Waals surface area contributed by atoms with Crippen molar-refractivity contribution in [3.8, 4) is 0 Å². The zero-order valence-electron chi connectivity index (χ0n) is 27.6. The van der Waals surface area contributed by atoms with Gasteiger partial charge in [-0.3, -0.25) is 14.7 Å². The van der Waals surface area contributed by atoms with Gasteiger partial charge in [-0.15, -0.1) is 0 Å². The summed E-state index contributed by atoms with van der Waals surface area (Å²) >= 11 is 10.1. The van der Waals surface area contributed by atoms with Crippen molar-refractivity contribution >= 4 is 39.5 Å². The number of aryl methyl sites for hydroxylation is 2. The van der Waals surface area contributed by atoms with Crippen LogP contribution in [0, 0.1) is 5.41 Å². The number of urea groups is 1. The minimum atomic E-state index is -0.648. The van der Waals surface area contributed by atoms with E-state index in [1.807, 2.05) is 32.3 Å². The van der Waals surface area contributed by atoms with Crippen molar-refractivity contribution in [2.45, 2.75) is 90.8 Å². The first kappa shape index (κ1) is 34.5. The van der Waals surface area contributed by atoms with Crippen LogP contribution in [0.25, 0.3) is 0 Å². The van der Waals surface area contributed by atoms with E-state index in [0.717, 1.165) is 60.0 Å². The van der Waals surface area contributed by atoms with Crippen LogP contribution in [0.1, 0.15) is 88.2 Å². The van der Waals surface area contributed by atoms with Gasteiger partial charge in [-0.05, 0) is 76.5 Å². The number of hydrogen-bond acceptors (Lipinski definition) is 6. The number of hydrogen-bond donors (Lipinski definition) is 4. The maximum Gasteiger partial charge on any atom is 0.318 e. The van der Waals surface area contributed by atoms with Crippen LogP contribution in [0.3, 0.4) is 0 Å². The van der Waals surface area contributed by atoms with Gasteiger partial charge in [0.25, 0.3) is 0 Å². The Morgan fingerprint density at radius 1 is 1.09 bits per heavy atom. The van der Waals surface area contributed by atoms with Gasteiger partial charge in [-0.1, -0.05) is 64.6 Å². The van der Waals surface area contributed by atoms with E-state index in [0.29, 0.717) is 37.9 Å². The van der Waals surface area contributed by atoms with Crippen molar-refractivity contribution in [1.82, 2.24) is 36.1 Å². The summed E-state index contributed by atoms with van der Waals surface area (Å²) in [5.41, 5.74) is 5.30. The fourth-order valence-corrected chi connectivity index (χ4v) is 7.67. The maximum absolute atomic E-state index is 14.1. The van der Waals surface area contributed by atoms with Crippen LogP contribution in [-0.2, 0) is 17.6 Å². The minimum Gasteiger partial charge on any atom is -0.372 e. The molecule has 6 rings (SSSR count). The van der Waals surface area contributed by atoms with E-state index in [1.54, 1.807) is 4.90 Å². The highest BCUT2D eigenvalue weighted by Gasteiger charge is 2.41. The van der Waals surface area contributed by atoms with Crippen molar-refractivity contribution in [1.29, 1.82) is 0 Å². The molecule has 11 heteroatoms. The van der Waals surface area contributed by atoms with Crippen LogP contribution in [-0.4, -0.2) is 71.7 Å². The van der Waals surface area contributed by atoms with Gasteiger partial charge in [-0.2, -0.15) is 0 Å². The second-order valence-electron chi connectivity index (χ2n) is 13.1. The van der Waals surface area contributed by atoms with Gasteiger partial charge >= 0.3 is 6.03 Å². The summed E-state index contributed by atoms with van der Waals surface area (Å²) in [5, 5.41) is 13.7. The summed E-state index contributed by atoms with van der Waals surface area (Å²) in [4.78, 5) is 36.9. The monoisotopic (exact) mass is 713 g/mol. The summed E-state index contributed by atoms with van der Waals surface area (Å²) in [7, 11) is 0. The molecule has 2 aliphatic heterocycles. The number of nitrogens with zero attached hydrogens (tertiary/aromatic N) is 3. The van der Waals surface area contributed by atoms with Gasteiger partial charge in [0.15, 0.2) is 0 Å². The Hall–Kier alpha value is -2.82. The number of fused-ring (bicyclic) bond motifs is 2. The highest BCUT2D eigenvalue weighted by atomic mass is 79.9. The van der Waals surface area contributed by atoms with Gasteiger partial charge < -0.3 is 26.2 Å². The second-order valence-corrected chi connectivity index (χ2v) is 14.5. The van der Waals surface area contributed by atoms with E-state index < -0.39 is 6.04 Å². The number of halogens is 2. The van der Waals surface area contributed by atoms with Gasteiger partial charge in [-0.25, -0.2) is 4.79 Å². The average molecular weight is 715 g/mol. The van der Waals surface area contributed by atoms with Crippen LogP contribution in [0.2, 0.25) is 5.02 Å². The van der Waals surface area contributed by atoms with E-state index in [1.165, 1.54) is 17.5 Å². The summed E-state index contributed by atoms with van der Waals surface area (Å²) in [6, 6.07) is 7.49. The zero-order chi connectivity index (χ0) is 32.8. The van der Waals surface area contributed by atoms with E-state index in [-0.39, 0.29) is 29.4 Å². The molecule has 3 heterocycles. The highest BCUT2D eigenvalue weighted by Crippen LogP contribution is 2.38. The SMILES string of the molecule is CC.CC(C)(CNC(=O)[C@H]1CN(C2c3ccc(Cl)cc3CCc3cc(Br)cnc32)CCN1C(=O)NC1CCCCC1)C1=CNCN1. The molecule has 0 radical (unpaired) electrons. The quantitative estimate of drug-likeness (QED) is 0.299. The second kappa shape index (κ2) is 15.4. The predicted octanol–water partition coefficient (Wildman–Crippen LogP) is 5.87. The topological polar surface area (TPSA) is 102 Å². The number of aromatic nitrogens is 1. The molecule has 4 N–H and O–H groups in total. The lowest BCUT2D eigenvalue weighted by Crippen LogP contribution is -2.64. The summed E-state index contributed by atoms with van der Waals surface area (Å²) in [6.45, 7) is 10.8. The number of pyridine rings is 1. The van der Waals surface area contributed by atoms with Crippen LogP contribution < -0.4 is 21.3 Å². The predicted molar refractivity (Wildman–Crippen MR) is 187 cm³/mol. The molecule has 2 atom stereocenters. The summed E-state index contributed by atoms with van der Waals surface area (Å²) < 4.78 is 0.949. The molecule has 2 aromatic rings. The lowest BCUT2D eigenvalue weighted by atomic mass is 9.89. The van der Waals surface area contributed by atoms with E-state index in [9.17, 15) is 9.59 Å². The molecule has 1 unspecified atom stereocenters. The van der Waals surface area contributed by atoms with Crippen LogP contribution in [0.4, 0.5) is 4.79 Å². The largest absolute Gasteiger partial charge is 0.372 e. The molecule has 46 heavy (non-hydrogen) atoms. The third-order valence-electron chi connectivity index (χ3n) is 9.62. The Morgan fingerprint density at radius 3 is 2.59 bits per heavy atom. The summed E-state index contributed by atoms with van der Waals surface area (Å²) in [5.74, 6) is -0.137. The Kier molecular flexibility index (Phi) is 11.5. The van der Waals surface area contributed by atoms with Crippen LogP contribution in [0.15, 0.2) is 46.8 Å². The number of nitrogens with one attached hydrogen (secondary N) is 4. The third kappa shape index (κ3) is 7.82. The first-order valence-corrected chi connectivity index (χ1v) is 18.1. The highest BCUT2D eigenvalue weighted by molar-refractivity contribution is 9.10. The molecule has 1 aromatic carbocycles. The van der Waals surface area contributed by atoms with Crippen molar-refractivity contribution in [3.63, 3.8) is 0 Å². The zero-order valence-corrected chi connectivity index (χ0v) is 29.9. The molecular formula is C35H49BrClN7O2. The number of amides is 3. The lowest BCUT2D eigenvalue weighted by molar-refractivity contribution is -0.128. The fraction of sp³-hybridized carbons (Fsp3) is 0.571. The number of benzene rings is 1. The normalized spacial score (nSPS) is 21.7. The van der Waals surface area contributed by atoms with Gasteiger partial charge in [0.05, 0.1) is 18.4 Å². The molecule has 250 valence electrons. The molecule has 0 bridgehead atoms. The Bertz CT molecular complexity index is 1370. The van der Waals surface area contributed by atoms with Crippen molar-refractivity contribution in [3.05, 3.63) is 74.2 Å². The van der Waals surface area contributed by atoms with Gasteiger partial charge in [0.2, 0.25) is 5.91 Å². The molecule has 2 aliphatic carbocycles. The number of carbonyl (C=O) groups is 2. The first-order chi connectivity index (χ1) is 22.2. The number of piperazine rings is 1. The van der Waals surface area contributed by atoms with Gasteiger partial charge in [0.1, 0.15) is 6.04 Å². The Balaban J connectivity index is 0.00000204. The molecule has 1 aromatic heterocycles. The smallest absolute Gasteiger partial charge is 0.318 e. The Labute approximate surface area is 287 Å². The van der Waals surface area contributed by atoms with E-state index in [2.05, 4.69) is 74.1 Å². The third-order valence-corrected chi connectivity index (χ3v) is 10.3. The van der Waals surface area contributed by atoms with E-state index >= 15 is 0 Å². The molecule has 1 saturated carbocycles. The van der Waals surface area contributed by atoms with Gasteiger partial charge in [0, 0.05) is 65.2 Å². The molecule has 3 amide bonds. The lowest BCUT2D eigenvalue weighted by Gasteiger charge is -2.44. The van der Waals surface area contributed by atoms with Crippen molar-refractivity contribution in [2.75, 3.05) is 32.8 Å². The first-order valence-electron chi connectivity index (χ1n) is 16.9. The van der Waals surface area contributed by atoms with Crippen molar-refractivity contribution in [2.24, 2.45) is 5.41 Å². The Morgan fingerprint density at radius 2 is 1.85 bits per heavy atom. The standard InChI is InChI=1S/C33H43BrClN7O2.C2H6/c1-33(2,28-17-36-20-39-28)19-38-31(43)27-18-41(12-13-42(27)32(44)40-25-6-4-3-5-7-25)30-26-11-10-24(35)15-21(26)8-9-22-14-23(34)16-37-29(22)30;1-2/h10-11,14-17,25,27,30,36,39H,3-9,12-13,18-20H2,1-2H3,(H,38,43)(H,40,44);1-2H3/t27-,30?;/m1./s1. The van der Waals surface area contributed by atoms with E-state index in [4.69, 9.17) is 16.6 Å². The molecule has 1 saturated heterocycles. The molecular weight excluding hydrogens is 666 g/mol. The molecule has 2 fully saturated rings. The average Bonchev–Trinajstić information content (AvgIpc) is 3.57. The van der Waals surface area contributed by atoms with Crippen molar-refractivity contribution < 1.29 is 9.59 Å². The number of rotatable bonds is 6. The minimum absolute atomic E-state index is 0.137. The molecule has 0 spiro atoms. The number of carbonyl (C=O) groups excluding carboxylic acids is 2. The van der Waals surface area contributed by atoms with Crippen LogP contribution in [0.5, 0.6) is 0 Å². The maximum atomic E-state index is 14.1.